The molecule has 2 rings (SSSR count). The maximum atomic E-state index is 3.67. The summed E-state index contributed by atoms with van der Waals surface area (Å²) < 4.78 is 0. The Morgan fingerprint density at radius 1 is 1.29 bits per heavy atom. The Labute approximate surface area is 130 Å². The second kappa shape index (κ2) is 7.92. The van der Waals surface area contributed by atoms with Crippen LogP contribution in [-0.4, -0.2) is 55.6 Å². The number of rotatable bonds is 6. The van der Waals surface area contributed by atoms with Gasteiger partial charge in [-0.15, -0.1) is 0 Å². The first-order chi connectivity index (χ1) is 10.1. The molecule has 1 saturated heterocycles. The Kier molecular flexibility index (Phi) is 6.22. The van der Waals surface area contributed by atoms with Crippen LogP contribution in [0.5, 0.6) is 0 Å². The van der Waals surface area contributed by atoms with Gasteiger partial charge in [0.05, 0.1) is 0 Å². The van der Waals surface area contributed by atoms with E-state index < -0.39 is 0 Å². The molecule has 1 aromatic rings. The molecule has 0 radical (unpaired) electrons. The van der Waals surface area contributed by atoms with Crippen LogP contribution in [0.3, 0.4) is 0 Å². The summed E-state index contributed by atoms with van der Waals surface area (Å²) in [5.41, 5.74) is 2.86. The van der Waals surface area contributed by atoms with Gasteiger partial charge in [-0.3, -0.25) is 4.90 Å². The van der Waals surface area contributed by atoms with Gasteiger partial charge in [-0.1, -0.05) is 31.2 Å². The molecule has 0 bridgehead atoms. The first-order valence-electron chi connectivity index (χ1n) is 8.33. The van der Waals surface area contributed by atoms with E-state index in [2.05, 4.69) is 67.2 Å². The van der Waals surface area contributed by atoms with E-state index in [1.165, 1.54) is 43.7 Å². The second-order valence-electron chi connectivity index (χ2n) is 6.40. The number of benzene rings is 1. The Balaban J connectivity index is 1.96. The number of hydrogen-bond acceptors (Lipinski definition) is 3. The summed E-state index contributed by atoms with van der Waals surface area (Å²) in [4.78, 5) is 5.08. The predicted molar refractivity (Wildman–Crippen MR) is 90.7 cm³/mol. The highest BCUT2D eigenvalue weighted by molar-refractivity contribution is 5.28. The number of likely N-dealkylation sites (N-methyl/N-ethyl adjacent to an activating group) is 1. The highest BCUT2D eigenvalue weighted by Crippen LogP contribution is 2.22. The van der Waals surface area contributed by atoms with Gasteiger partial charge in [0.25, 0.3) is 0 Å². The summed E-state index contributed by atoms with van der Waals surface area (Å²) in [5, 5.41) is 3.67. The highest BCUT2D eigenvalue weighted by atomic mass is 15.3. The van der Waals surface area contributed by atoms with Crippen LogP contribution in [0.2, 0.25) is 0 Å². The fourth-order valence-corrected chi connectivity index (χ4v) is 3.40. The molecule has 1 aromatic carbocycles. The van der Waals surface area contributed by atoms with Gasteiger partial charge in [-0.05, 0) is 45.0 Å². The van der Waals surface area contributed by atoms with Crippen molar-refractivity contribution in [1.29, 1.82) is 0 Å². The van der Waals surface area contributed by atoms with Crippen molar-refractivity contribution in [2.24, 2.45) is 0 Å². The van der Waals surface area contributed by atoms with E-state index in [0.717, 1.165) is 6.54 Å². The van der Waals surface area contributed by atoms with E-state index in [1.54, 1.807) is 0 Å². The monoisotopic (exact) mass is 289 g/mol. The van der Waals surface area contributed by atoms with Gasteiger partial charge in [-0.2, -0.15) is 0 Å². The molecule has 1 fully saturated rings. The number of nitrogens with one attached hydrogen (secondary N) is 1. The number of aryl methyl sites for hydroxylation is 1. The molecule has 118 valence electrons. The molecule has 1 aliphatic rings. The largest absolute Gasteiger partial charge is 0.310 e. The van der Waals surface area contributed by atoms with E-state index >= 15 is 0 Å². The van der Waals surface area contributed by atoms with E-state index in [4.69, 9.17) is 0 Å². The third-order valence-electron chi connectivity index (χ3n) is 4.69. The summed E-state index contributed by atoms with van der Waals surface area (Å²) in [5.74, 6) is 0. The SMILES string of the molecule is CCNC(CCN1CCN(C)CC1C)c1ccccc1C. The summed E-state index contributed by atoms with van der Waals surface area (Å²) >= 11 is 0. The maximum Gasteiger partial charge on any atom is 0.0334 e. The summed E-state index contributed by atoms with van der Waals surface area (Å²) in [6.45, 7) is 12.6. The molecular formula is C18H31N3. The average Bonchev–Trinajstić information content (AvgIpc) is 2.46. The molecular weight excluding hydrogens is 258 g/mol. The van der Waals surface area contributed by atoms with Crippen LogP contribution in [0.15, 0.2) is 24.3 Å². The van der Waals surface area contributed by atoms with Crippen molar-refractivity contribution in [2.75, 3.05) is 39.8 Å². The van der Waals surface area contributed by atoms with Gasteiger partial charge in [0.15, 0.2) is 0 Å². The zero-order chi connectivity index (χ0) is 15.2. The molecule has 3 heteroatoms. The van der Waals surface area contributed by atoms with Crippen molar-refractivity contribution in [3.8, 4) is 0 Å². The summed E-state index contributed by atoms with van der Waals surface area (Å²) in [6, 6.07) is 9.93. The second-order valence-corrected chi connectivity index (χ2v) is 6.40. The minimum Gasteiger partial charge on any atom is -0.310 e. The van der Waals surface area contributed by atoms with Crippen molar-refractivity contribution in [2.45, 2.75) is 39.3 Å². The average molecular weight is 289 g/mol. The van der Waals surface area contributed by atoms with Crippen LogP contribution in [0, 0.1) is 6.92 Å². The number of nitrogens with zero attached hydrogens (tertiary/aromatic N) is 2. The van der Waals surface area contributed by atoms with Crippen LogP contribution >= 0.6 is 0 Å². The van der Waals surface area contributed by atoms with Gasteiger partial charge in [0.1, 0.15) is 0 Å². The van der Waals surface area contributed by atoms with Crippen LogP contribution in [-0.2, 0) is 0 Å². The Morgan fingerprint density at radius 2 is 2.05 bits per heavy atom. The highest BCUT2D eigenvalue weighted by Gasteiger charge is 2.22. The van der Waals surface area contributed by atoms with Crippen molar-refractivity contribution in [3.05, 3.63) is 35.4 Å². The molecule has 3 nitrogen and oxygen atoms in total. The van der Waals surface area contributed by atoms with E-state index in [0.29, 0.717) is 12.1 Å². The lowest BCUT2D eigenvalue weighted by Gasteiger charge is -2.39. The molecule has 2 atom stereocenters. The molecule has 21 heavy (non-hydrogen) atoms. The van der Waals surface area contributed by atoms with Crippen molar-refractivity contribution < 1.29 is 0 Å². The van der Waals surface area contributed by atoms with Gasteiger partial charge in [0, 0.05) is 38.3 Å². The minimum absolute atomic E-state index is 0.475. The predicted octanol–water partition coefficient (Wildman–Crippen LogP) is 2.67. The Hall–Kier alpha value is -0.900. The third kappa shape index (κ3) is 4.53. The molecule has 0 aromatic heterocycles. The van der Waals surface area contributed by atoms with Gasteiger partial charge < -0.3 is 10.2 Å². The standard InChI is InChI=1S/C18H31N3/c1-5-19-18(17-9-7-6-8-15(17)2)10-11-21-13-12-20(4)14-16(21)3/h6-9,16,18-19H,5,10-14H2,1-4H3. The van der Waals surface area contributed by atoms with Crippen molar-refractivity contribution >= 4 is 0 Å². The maximum absolute atomic E-state index is 3.67. The summed E-state index contributed by atoms with van der Waals surface area (Å²) in [7, 11) is 2.22. The quantitative estimate of drug-likeness (QED) is 0.868. The Morgan fingerprint density at radius 3 is 2.71 bits per heavy atom. The van der Waals surface area contributed by atoms with Crippen molar-refractivity contribution in [1.82, 2.24) is 15.1 Å². The van der Waals surface area contributed by atoms with Crippen molar-refractivity contribution in [3.63, 3.8) is 0 Å². The minimum atomic E-state index is 0.475. The zero-order valence-electron chi connectivity index (χ0n) is 14.1. The molecule has 1 N–H and O–H groups in total. The normalized spacial score (nSPS) is 22.4. The smallest absolute Gasteiger partial charge is 0.0334 e. The lowest BCUT2D eigenvalue weighted by atomic mass is 9.98. The first kappa shape index (κ1) is 16.5. The molecule has 1 heterocycles. The van der Waals surface area contributed by atoms with Gasteiger partial charge in [0.2, 0.25) is 0 Å². The van der Waals surface area contributed by atoms with Crippen LogP contribution in [0.25, 0.3) is 0 Å². The molecule has 0 aliphatic carbocycles. The van der Waals surface area contributed by atoms with Crippen LogP contribution in [0.4, 0.5) is 0 Å². The fraction of sp³-hybridized carbons (Fsp3) is 0.667. The van der Waals surface area contributed by atoms with E-state index in [1.807, 2.05) is 0 Å². The molecule has 0 saturated carbocycles. The molecule has 0 spiro atoms. The third-order valence-corrected chi connectivity index (χ3v) is 4.69. The zero-order valence-corrected chi connectivity index (χ0v) is 14.1. The topological polar surface area (TPSA) is 18.5 Å². The fourth-order valence-electron chi connectivity index (χ4n) is 3.40. The van der Waals surface area contributed by atoms with E-state index in [-0.39, 0.29) is 0 Å². The number of piperazine rings is 1. The van der Waals surface area contributed by atoms with E-state index in [9.17, 15) is 0 Å². The first-order valence-corrected chi connectivity index (χ1v) is 8.33. The van der Waals surface area contributed by atoms with Crippen LogP contribution < -0.4 is 5.32 Å². The van der Waals surface area contributed by atoms with Crippen LogP contribution in [0.1, 0.15) is 37.4 Å². The molecule has 1 aliphatic heterocycles. The summed E-state index contributed by atoms with van der Waals surface area (Å²) in [6.07, 6.45) is 1.19. The van der Waals surface area contributed by atoms with Gasteiger partial charge >= 0.3 is 0 Å². The van der Waals surface area contributed by atoms with Gasteiger partial charge in [-0.25, -0.2) is 0 Å². The Bertz CT molecular complexity index is 432. The molecule has 0 amide bonds. The lowest BCUT2D eigenvalue weighted by molar-refractivity contribution is 0.0961. The number of hydrogen-bond donors (Lipinski definition) is 1. The lowest BCUT2D eigenvalue weighted by Crippen LogP contribution is -2.50. The molecule has 2 unspecified atom stereocenters.